The van der Waals surface area contributed by atoms with Gasteiger partial charge in [-0.15, -0.1) is 12.4 Å². The summed E-state index contributed by atoms with van der Waals surface area (Å²) < 4.78 is 3.37. The fourth-order valence-electron chi connectivity index (χ4n) is 2.87. The molecule has 3 rings (SSSR count). The van der Waals surface area contributed by atoms with Gasteiger partial charge >= 0.3 is 0 Å². The number of halogens is 1. The van der Waals surface area contributed by atoms with E-state index in [-0.39, 0.29) is 18.0 Å². The molecule has 0 atom stereocenters. The second kappa shape index (κ2) is 7.17. The van der Waals surface area contributed by atoms with Gasteiger partial charge in [0.05, 0.1) is 28.5 Å². The van der Waals surface area contributed by atoms with Crippen molar-refractivity contribution >= 4 is 29.5 Å². The van der Waals surface area contributed by atoms with Crippen LogP contribution in [0.5, 0.6) is 0 Å². The van der Waals surface area contributed by atoms with E-state index >= 15 is 0 Å². The van der Waals surface area contributed by atoms with Crippen LogP contribution in [0.25, 0.3) is 5.69 Å². The average molecular weight is 372 g/mol. The molecule has 1 aliphatic rings. The van der Waals surface area contributed by atoms with Crippen molar-refractivity contribution < 1.29 is 0 Å². The van der Waals surface area contributed by atoms with E-state index in [0.29, 0.717) is 28.4 Å². The van der Waals surface area contributed by atoms with Gasteiger partial charge in [-0.1, -0.05) is 18.2 Å². The normalized spacial score (nSPS) is 15.9. The molecule has 6 nitrogen and oxygen atoms in total. The van der Waals surface area contributed by atoms with Crippen LogP contribution in [-0.2, 0) is 7.05 Å². The molecule has 7 heteroatoms. The van der Waals surface area contributed by atoms with Gasteiger partial charge in [0.2, 0.25) is 0 Å². The zero-order valence-electron chi connectivity index (χ0n) is 15.2. The Balaban J connectivity index is 0.00000243. The number of aromatic nitrogens is 2. The van der Waals surface area contributed by atoms with Crippen molar-refractivity contribution in [1.82, 2.24) is 9.36 Å². The van der Waals surface area contributed by atoms with E-state index in [1.165, 1.54) is 0 Å². The molecule has 0 bridgehead atoms. The Morgan fingerprint density at radius 3 is 2.35 bits per heavy atom. The van der Waals surface area contributed by atoms with Crippen LogP contribution in [0, 0.1) is 12.3 Å². The molecule has 1 heterocycles. The number of nitrogens with one attached hydrogen (secondary N) is 1. The third kappa shape index (κ3) is 3.04. The topological polar surface area (TPSA) is 89.2 Å². The van der Waals surface area contributed by atoms with Crippen LogP contribution in [0.3, 0.4) is 0 Å². The fourth-order valence-corrected chi connectivity index (χ4v) is 2.87. The lowest BCUT2D eigenvalue weighted by Crippen LogP contribution is -2.22. The monoisotopic (exact) mass is 371 g/mol. The van der Waals surface area contributed by atoms with Crippen LogP contribution >= 0.6 is 12.4 Å². The van der Waals surface area contributed by atoms with Gasteiger partial charge in [0.15, 0.2) is 5.69 Å². The van der Waals surface area contributed by atoms with E-state index in [0.717, 1.165) is 17.0 Å². The number of allylic oxidation sites excluding steroid dienone is 3. The minimum atomic E-state index is -0.198. The van der Waals surface area contributed by atoms with Crippen molar-refractivity contribution in [2.45, 2.75) is 20.8 Å². The van der Waals surface area contributed by atoms with Gasteiger partial charge < -0.3 is 11.1 Å². The summed E-state index contributed by atoms with van der Waals surface area (Å²) in [6.45, 7) is 5.49. The predicted octanol–water partition coefficient (Wildman–Crippen LogP) is 3.19. The Morgan fingerprint density at radius 1 is 1.12 bits per heavy atom. The van der Waals surface area contributed by atoms with Crippen LogP contribution in [0.1, 0.15) is 19.5 Å². The third-order valence-corrected chi connectivity index (χ3v) is 4.56. The predicted molar refractivity (Wildman–Crippen MR) is 108 cm³/mol. The van der Waals surface area contributed by atoms with Crippen molar-refractivity contribution in [3.05, 3.63) is 69.3 Å². The molecule has 136 valence electrons. The van der Waals surface area contributed by atoms with Crippen molar-refractivity contribution in [2.75, 3.05) is 0 Å². The molecule has 1 aromatic heterocycles. The van der Waals surface area contributed by atoms with Gasteiger partial charge in [0.25, 0.3) is 5.56 Å². The highest BCUT2D eigenvalue weighted by molar-refractivity contribution is 6.25. The van der Waals surface area contributed by atoms with E-state index < -0.39 is 0 Å². The summed E-state index contributed by atoms with van der Waals surface area (Å²) in [4.78, 5) is 17.5. The maximum Gasteiger partial charge on any atom is 0.297 e. The van der Waals surface area contributed by atoms with E-state index in [9.17, 15) is 4.79 Å². The second-order valence-corrected chi connectivity index (χ2v) is 6.15. The van der Waals surface area contributed by atoms with Gasteiger partial charge in [-0.3, -0.25) is 9.48 Å². The van der Waals surface area contributed by atoms with Crippen molar-refractivity contribution in [2.24, 2.45) is 17.8 Å². The summed E-state index contributed by atoms with van der Waals surface area (Å²) in [5, 5.41) is 8.00. The molecule has 0 amide bonds. The lowest BCUT2D eigenvalue weighted by molar-refractivity contribution is 0.630. The van der Waals surface area contributed by atoms with E-state index in [1.54, 1.807) is 22.4 Å². The summed E-state index contributed by atoms with van der Waals surface area (Å²) in [6, 6.07) is 9.44. The first-order chi connectivity index (χ1) is 11.8. The number of hydrogen-bond acceptors (Lipinski definition) is 4. The molecule has 3 N–H and O–H groups in total. The number of aliphatic imine (C=N–C) groups is 1. The van der Waals surface area contributed by atoms with E-state index in [2.05, 4.69) is 4.99 Å². The van der Waals surface area contributed by atoms with Crippen molar-refractivity contribution in [3.8, 4) is 5.69 Å². The molecule has 2 aromatic rings. The van der Waals surface area contributed by atoms with E-state index in [1.807, 2.05) is 51.2 Å². The van der Waals surface area contributed by atoms with Gasteiger partial charge in [0, 0.05) is 7.05 Å². The van der Waals surface area contributed by atoms with Crippen molar-refractivity contribution in [1.29, 1.82) is 5.41 Å². The Bertz CT molecular complexity index is 1020. The smallest absolute Gasteiger partial charge is 0.297 e. The van der Waals surface area contributed by atoms with Gasteiger partial charge in [0.1, 0.15) is 0 Å². The van der Waals surface area contributed by atoms with Crippen LogP contribution < -0.4 is 11.3 Å². The maximum atomic E-state index is 12.9. The van der Waals surface area contributed by atoms with Crippen LogP contribution in [0.15, 0.2) is 63.0 Å². The standard InChI is InChI=1S/C19H21N5O.ClH/c1-11-10-15(17(21)12(2)16(11)20)22-18-13(3)23(4)24(19(18)25)14-8-6-5-7-9-14;/h5-10,20H,21H2,1-4H3;1H. The lowest BCUT2D eigenvalue weighted by atomic mass is 9.94. The van der Waals surface area contributed by atoms with E-state index in [4.69, 9.17) is 11.1 Å². The minimum absolute atomic E-state index is 0. The largest absolute Gasteiger partial charge is 0.397 e. The zero-order chi connectivity index (χ0) is 18.3. The first kappa shape index (κ1) is 19.5. The Labute approximate surface area is 158 Å². The second-order valence-electron chi connectivity index (χ2n) is 6.15. The molecule has 1 aromatic carbocycles. The number of para-hydroxylation sites is 1. The molecule has 0 unspecified atom stereocenters. The number of nitrogens with zero attached hydrogens (tertiary/aromatic N) is 3. The number of nitrogens with two attached hydrogens (primary N) is 1. The molecule has 0 saturated carbocycles. The fraction of sp³-hybridized carbons (Fsp3) is 0.211. The summed E-state index contributed by atoms with van der Waals surface area (Å²) in [5.41, 5.74) is 10.6. The first-order valence-electron chi connectivity index (χ1n) is 8.00. The van der Waals surface area contributed by atoms with Gasteiger partial charge in [-0.05, 0) is 50.1 Å². The van der Waals surface area contributed by atoms with Gasteiger partial charge in [-0.2, -0.15) is 0 Å². The Morgan fingerprint density at radius 2 is 1.73 bits per heavy atom. The lowest BCUT2D eigenvalue weighted by Gasteiger charge is -2.16. The molecule has 0 aliphatic heterocycles. The number of rotatable bonds is 2. The average Bonchev–Trinajstić information content (AvgIpc) is 2.82. The van der Waals surface area contributed by atoms with Gasteiger partial charge in [-0.25, -0.2) is 9.67 Å². The summed E-state index contributed by atoms with van der Waals surface area (Å²) in [7, 11) is 1.83. The molecule has 0 saturated heterocycles. The summed E-state index contributed by atoms with van der Waals surface area (Å²) >= 11 is 0. The van der Waals surface area contributed by atoms with Crippen molar-refractivity contribution in [3.63, 3.8) is 0 Å². The molecular formula is C19H22ClN5O. The first-order valence-corrected chi connectivity index (χ1v) is 8.00. The molecular weight excluding hydrogens is 350 g/mol. The number of hydrogen-bond donors (Lipinski definition) is 2. The highest BCUT2D eigenvalue weighted by Crippen LogP contribution is 2.22. The molecule has 0 radical (unpaired) electrons. The highest BCUT2D eigenvalue weighted by Gasteiger charge is 2.20. The molecule has 1 aliphatic carbocycles. The van der Waals surface area contributed by atoms with Crippen LogP contribution in [-0.4, -0.2) is 20.8 Å². The Kier molecular flexibility index (Phi) is 5.37. The quantitative estimate of drug-likeness (QED) is 0.794. The SMILES string of the molecule is CC1=CC(=Nc2c(C)n(C)n(-c3ccccc3)c2=O)C(N)=C(C)C1=N.Cl. The Hall–Kier alpha value is -2.86. The van der Waals surface area contributed by atoms with Crippen LogP contribution in [0.4, 0.5) is 5.69 Å². The number of benzene rings is 1. The summed E-state index contributed by atoms with van der Waals surface area (Å²) in [5.74, 6) is 0. The highest BCUT2D eigenvalue weighted by atomic mass is 35.5. The molecule has 26 heavy (non-hydrogen) atoms. The van der Waals surface area contributed by atoms with Crippen LogP contribution in [0.2, 0.25) is 0 Å². The summed E-state index contributed by atoms with van der Waals surface area (Å²) in [6.07, 6.45) is 1.75. The molecule has 0 spiro atoms. The minimum Gasteiger partial charge on any atom is -0.397 e. The maximum absolute atomic E-state index is 12.9. The zero-order valence-corrected chi connectivity index (χ0v) is 16.0. The molecule has 0 fully saturated rings. The third-order valence-electron chi connectivity index (χ3n) is 4.56.